The fourth-order valence-corrected chi connectivity index (χ4v) is 2.15. The van der Waals surface area contributed by atoms with Crippen molar-refractivity contribution in [2.24, 2.45) is 0 Å². The van der Waals surface area contributed by atoms with Gasteiger partial charge in [0.1, 0.15) is 18.2 Å². The van der Waals surface area contributed by atoms with Crippen molar-refractivity contribution in [3.05, 3.63) is 71.8 Å². The molecule has 0 saturated carbocycles. The van der Waals surface area contributed by atoms with Crippen molar-refractivity contribution in [3.63, 3.8) is 0 Å². The highest BCUT2D eigenvalue weighted by molar-refractivity contribution is 5.94. The molecule has 3 rings (SSSR count). The number of hydrogen-bond donors (Lipinski definition) is 1. The number of carbonyl (C=O) groups is 1. The zero-order valence-corrected chi connectivity index (χ0v) is 12.3. The highest BCUT2D eigenvalue weighted by Crippen LogP contribution is 2.17. The Balaban J connectivity index is 1.77. The van der Waals surface area contributed by atoms with Gasteiger partial charge in [0, 0.05) is 11.1 Å². The van der Waals surface area contributed by atoms with Crippen molar-refractivity contribution in [1.82, 2.24) is 25.5 Å². The van der Waals surface area contributed by atoms with Crippen LogP contribution in [-0.4, -0.2) is 26.1 Å². The average molecular weight is 322 g/mol. The number of halogens is 1. The van der Waals surface area contributed by atoms with E-state index in [0.717, 1.165) is 0 Å². The molecule has 7 nitrogen and oxygen atoms in total. The van der Waals surface area contributed by atoms with Crippen molar-refractivity contribution in [2.75, 3.05) is 0 Å². The first kappa shape index (κ1) is 15.3. The molecule has 0 aliphatic rings. The van der Waals surface area contributed by atoms with E-state index in [4.69, 9.17) is 0 Å². The molecule has 0 radical (unpaired) electrons. The van der Waals surface area contributed by atoms with Crippen molar-refractivity contribution < 1.29 is 9.18 Å². The van der Waals surface area contributed by atoms with Gasteiger partial charge in [0.25, 0.3) is 5.91 Å². The van der Waals surface area contributed by atoms with Gasteiger partial charge in [-0.05, 0) is 40.8 Å². The Hall–Kier alpha value is -3.60. The predicted octanol–water partition coefficient (Wildman–Crippen LogP) is 1.80. The average Bonchev–Trinajstić information content (AvgIpc) is 3.15. The molecule has 0 fully saturated rings. The highest BCUT2D eigenvalue weighted by atomic mass is 19.1. The molecule has 24 heavy (non-hydrogen) atoms. The number of amides is 1. The molecule has 3 aromatic rings. The van der Waals surface area contributed by atoms with Gasteiger partial charge in [0.15, 0.2) is 0 Å². The van der Waals surface area contributed by atoms with Gasteiger partial charge in [-0.25, -0.2) is 9.07 Å². The van der Waals surface area contributed by atoms with E-state index in [1.54, 1.807) is 30.3 Å². The van der Waals surface area contributed by atoms with Crippen molar-refractivity contribution >= 4 is 5.91 Å². The summed E-state index contributed by atoms with van der Waals surface area (Å²) in [7, 11) is 0. The molecule has 0 aliphatic carbocycles. The molecule has 1 aromatic heterocycles. The number of nitriles is 1. The number of nitrogens with zero attached hydrogens (tertiary/aromatic N) is 5. The first-order chi connectivity index (χ1) is 11.7. The third-order valence-corrected chi connectivity index (χ3v) is 3.36. The van der Waals surface area contributed by atoms with E-state index in [0.29, 0.717) is 11.3 Å². The van der Waals surface area contributed by atoms with Crippen LogP contribution in [0.5, 0.6) is 0 Å². The minimum absolute atomic E-state index is 0.124. The number of hydrogen-bond acceptors (Lipinski definition) is 5. The van der Waals surface area contributed by atoms with E-state index in [9.17, 15) is 14.4 Å². The Morgan fingerprint density at radius 2 is 1.96 bits per heavy atom. The predicted molar refractivity (Wildman–Crippen MR) is 81.4 cm³/mol. The quantitative estimate of drug-likeness (QED) is 0.790. The van der Waals surface area contributed by atoms with Gasteiger partial charge < -0.3 is 5.32 Å². The first-order valence-corrected chi connectivity index (χ1v) is 6.97. The lowest BCUT2D eigenvalue weighted by molar-refractivity contribution is 0.0944. The standard InChI is InChI=1S/C16H11FN6O/c17-14-4-2-1-3-13(14)15(9-18)20-16(24)11-5-7-12(8-6-11)23-10-19-21-22-23/h1-8,10,15H,(H,20,24)/t15-/m1/s1. The summed E-state index contributed by atoms with van der Waals surface area (Å²) in [4.78, 5) is 12.3. The lowest BCUT2D eigenvalue weighted by Crippen LogP contribution is -2.28. The Morgan fingerprint density at radius 3 is 2.58 bits per heavy atom. The summed E-state index contributed by atoms with van der Waals surface area (Å²) in [6.45, 7) is 0. The molecule has 0 bridgehead atoms. The van der Waals surface area contributed by atoms with Gasteiger partial charge in [0.05, 0.1) is 11.8 Å². The van der Waals surface area contributed by atoms with E-state index in [1.165, 1.54) is 29.2 Å². The van der Waals surface area contributed by atoms with Crippen molar-refractivity contribution in [1.29, 1.82) is 5.26 Å². The van der Waals surface area contributed by atoms with E-state index in [1.807, 2.05) is 6.07 Å². The van der Waals surface area contributed by atoms with E-state index in [-0.39, 0.29) is 5.56 Å². The molecule has 0 aliphatic heterocycles. The van der Waals surface area contributed by atoms with Crippen molar-refractivity contribution in [2.45, 2.75) is 6.04 Å². The Morgan fingerprint density at radius 1 is 1.21 bits per heavy atom. The van der Waals surface area contributed by atoms with Gasteiger partial charge in [0.2, 0.25) is 0 Å². The maximum atomic E-state index is 13.8. The number of aromatic nitrogens is 4. The van der Waals surface area contributed by atoms with Crippen LogP contribution >= 0.6 is 0 Å². The monoisotopic (exact) mass is 322 g/mol. The summed E-state index contributed by atoms with van der Waals surface area (Å²) >= 11 is 0. The fourth-order valence-electron chi connectivity index (χ4n) is 2.15. The van der Waals surface area contributed by atoms with E-state index in [2.05, 4.69) is 20.8 Å². The van der Waals surface area contributed by atoms with Gasteiger partial charge in [-0.1, -0.05) is 18.2 Å². The molecule has 0 saturated heterocycles. The van der Waals surface area contributed by atoms with E-state index >= 15 is 0 Å². The van der Waals surface area contributed by atoms with Crippen LogP contribution in [0.15, 0.2) is 54.9 Å². The molecular weight excluding hydrogens is 311 g/mol. The lowest BCUT2D eigenvalue weighted by Gasteiger charge is -2.13. The van der Waals surface area contributed by atoms with Gasteiger partial charge >= 0.3 is 0 Å². The normalized spacial score (nSPS) is 11.5. The van der Waals surface area contributed by atoms with E-state index < -0.39 is 17.8 Å². The molecule has 1 atom stereocenters. The second-order valence-corrected chi connectivity index (χ2v) is 4.86. The minimum Gasteiger partial charge on any atom is -0.332 e. The fraction of sp³-hybridized carbons (Fsp3) is 0.0625. The molecular formula is C16H11FN6O. The second-order valence-electron chi connectivity index (χ2n) is 4.86. The molecule has 1 heterocycles. The topological polar surface area (TPSA) is 96.5 Å². The Labute approximate surface area is 136 Å². The van der Waals surface area contributed by atoms with Crippen LogP contribution in [0.3, 0.4) is 0 Å². The number of carbonyl (C=O) groups excluding carboxylic acids is 1. The van der Waals surface area contributed by atoms with Crippen LogP contribution in [0.25, 0.3) is 5.69 Å². The Kier molecular flexibility index (Phi) is 4.25. The second kappa shape index (κ2) is 6.66. The number of rotatable bonds is 4. The third-order valence-electron chi connectivity index (χ3n) is 3.36. The smallest absolute Gasteiger partial charge is 0.252 e. The summed E-state index contributed by atoms with van der Waals surface area (Å²) in [5.41, 5.74) is 1.14. The van der Waals surface area contributed by atoms with Crippen LogP contribution in [0.1, 0.15) is 22.0 Å². The SMILES string of the molecule is N#C[C@@H](NC(=O)c1ccc(-n2cnnn2)cc1)c1ccccc1F. The van der Waals surface area contributed by atoms with Crippen LogP contribution in [0, 0.1) is 17.1 Å². The third kappa shape index (κ3) is 3.10. The lowest BCUT2D eigenvalue weighted by atomic mass is 10.1. The zero-order valence-electron chi connectivity index (χ0n) is 12.3. The minimum atomic E-state index is -1.07. The number of benzene rings is 2. The van der Waals surface area contributed by atoms with Gasteiger partial charge in [-0.3, -0.25) is 4.79 Å². The van der Waals surface area contributed by atoms with Crippen LogP contribution in [0.4, 0.5) is 4.39 Å². The summed E-state index contributed by atoms with van der Waals surface area (Å²) in [6, 6.07) is 13.1. The molecule has 0 spiro atoms. The summed E-state index contributed by atoms with van der Waals surface area (Å²) in [5, 5.41) is 22.5. The molecule has 118 valence electrons. The summed E-state index contributed by atoms with van der Waals surface area (Å²) in [5.74, 6) is -1.02. The number of nitrogens with one attached hydrogen (secondary N) is 1. The highest BCUT2D eigenvalue weighted by Gasteiger charge is 2.18. The molecule has 1 N–H and O–H groups in total. The van der Waals surface area contributed by atoms with Gasteiger partial charge in [-0.2, -0.15) is 5.26 Å². The largest absolute Gasteiger partial charge is 0.332 e. The van der Waals surface area contributed by atoms with Gasteiger partial charge in [-0.15, -0.1) is 5.10 Å². The molecule has 8 heteroatoms. The van der Waals surface area contributed by atoms with Crippen molar-refractivity contribution in [3.8, 4) is 11.8 Å². The summed E-state index contributed by atoms with van der Waals surface area (Å²) in [6.07, 6.45) is 1.43. The van der Waals surface area contributed by atoms with Crippen LogP contribution < -0.4 is 5.32 Å². The number of tetrazole rings is 1. The summed E-state index contributed by atoms with van der Waals surface area (Å²) < 4.78 is 15.2. The molecule has 1 amide bonds. The van der Waals surface area contributed by atoms with Crippen LogP contribution in [-0.2, 0) is 0 Å². The van der Waals surface area contributed by atoms with Crippen LogP contribution in [0.2, 0.25) is 0 Å². The molecule has 0 unspecified atom stereocenters. The Bertz CT molecular complexity index is 886. The zero-order chi connectivity index (χ0) is 16.9. The maximum Gasteiger partial charge on any atom is 0.252 e. The molecule has 2 aromatic carbocycles. The maximum absolute atomic E-state index is 13.8. The first-order valence-electron chi connectivity index (χ1n) is 6.97.